The third kappa shape index (κ3) is 4.57. The molecule has 0 saturated heterocycles. The minimum Gasteiger partial charge on any atom is -0.310 e. The lowest BCUT2D eigenvalue weighted by molar-refractivity contribution is -0.129. The molecule has 3 rings (SSSR count). The summed E-state index contributed by atoms with van der Waals surface area (Å²) >= 11 is 0. The number of aryl methyl sites for hydroxylation is 3. The van der Waals surface area contributed by atoms with E-state index < -0.39 is 0 Å². The van der Waals surface area contributed by atoms with Crippen LogP contribution in [-0.4, -0.2) is 31.6 Å². The normalized spacial score (nSPS) is 10.7. The molecule has 0 atom stereocenters. The molecule has 0 radical (unpaired) electrons. The van der Waals surface area contributed by atoms with Crippen molar-refractivity contribution in [2.24, 2.45) is 0 Å². The maximum absolute atomic E-state index is 12.0. The van der Waals surface area contributed by atoms with Gasteiger partial charge in [0.2, 0.25) is 5.91 Å². The Morgan fingerprint density at radius 3 is 2.63 bits per heavy atom. The van der Waals surface area contributed by atoms with Crippen molar-refractivity contribution in [3.05, 3.63) is 57.9 Å². The topological polar surface area (TPSA) is 122 Å². The van der Waals surface area contributed by atoms with E-state index in [9.17, 15) is 14.4 Å². The minimum atomic E-state index is -0.383. The molecule has 0 fully saturated rings. The van der Waals surface area contributed by atoms with Crippen molar-refractivity contribution in [1.29, 1.82) is 0 Å². The van der Waals surface area contributed by atoms with Gasteiger partial charge in [0.15, 0.2) is 0 Å². The van der Waals surface area contributed by atoms with Gasteiger partial charge in [0.25, 0.3) is 11.5 Å². The standard InChI is InChI=1S/C18H20N6O3/c1-11-9-12(2)24(23-11)10-17(26)22-21-16(25)8-7-15-19-14-6-4-3-5-13(14)18(27)20-15/h3-6,9H,7-8,10H2,1-2H3,(H,21,25)(H,22,26)(H,19,20,27). The number of hydrazine groups is 1. The number of aromatic amines is 1. The number of benzene rings is 1. The summed E-state index contributed by atoms with van der Waals surface area (Å²) in [6.45, 7) is 3.71. The number of nitrogens with one attached hydrogen (secondary N) is 3. The summed E-state index contributed by atoms with van der Waals surface area (Å²) in [5.74, 6) is -0.345. The van der Waals surface area contributed by atoms with Crippen LogP contribution >= 0.6 is 0 Å². The van der Waals surface area contributed by atoms with E-state index in [4.69, 9.17) is 0 Å². The SMILES string of the molecule is Cc1cc(C)n(CC(=O)NNC(=O)CCc2nc3ccccc3c(=O)[nH]2)n1. The van der Waals surface area contributed by atoms with E-state index in [0.29, 0.717) is 16.7 Å². The first-order valence-electron chi connectivity index (χ1n) is 8.49. The lowest BCUT2D eigenvalue weighted by atomic mass is 10.2. The van der Waals surface area contributed by atoms with Gasteiger partial charge in [-0.2, -0.15) is 5.10 Å². The quantitative estimate of drug-likeness (QED) is 0.567. The molecule has 0 bridgehead atoms. The van der Waals surface area contributed by atoms with Crippen LogP contribution < -0.4 is 16.4 Å². The van der Waals surface area contributed by atoms with E-state index in [1.165, 1.54) is 0 Å². The molecule has 0 saturated carbocycles. The van der Waals surface area contributed by atoms with Crippen molar-refractivity contribution in [2.75, 3.05) is 0 Å². The summed E-state index contributed by atoms with van der Waals surface area (Å²) < 4.78 is 1.56. The molecule has 2 amide bonds. The van der Waals surface area contributed by atoms with Crippen LogP contribution in [0.5, 0.6) is 0 Å². The largest absolute Gasteiger partial charge is 0.310 e. The van der Waals surface area contributed by atoms with Crippen LogP contribution in [0.2, 0.25) is 0 Å². The number of rotatable bonds is 5. The molecular formula is C18H20N6O3. The fourth-order valence-electron chi connectivity index (χ4n) is 2.70. The van der Waals surface area contributed by atoms with Crippen LogP contribution in [-0.2, 0) is 22.6 Å². The van der Waals surface area contributed by atoms with E-state index in [1.807, 2.05) is 19.9 Å². The molecule has 0 unspecified atom stereocenters. The van der Waals surface area contributed by atoms with E-state index in [2.05, 4.69) is 25.9 Å². The first-order chi connectivity index (χ1) is 12.9. The van der Waals surface area contributed by atoms with Gasteiger partial charge < -0.3 is 4.98 Å². The summed E-state index contributed by atoms with van der Waals surface area (Å²) in [5, 5.41) is 4.69. The Morgan fingerprint density at radius 1 is 1.15 bits per heavy atom. The zero-order chi connectivity index (χ0) is 19.4. The summed E-state index contributed by atoms with van der Waals surface area (Å²) in [5.41, 5.74) is 6.72. The maximum Gasteiger partial charge on any atom is 0.260 e. The average molecular weight is 368 g/mol. The second-order valence-corrected chi connectivity index (χ2v) is 6.21. The number of aromatic nitrogens is 4. The first kappa shape index (κ1) is 18.3. The van der Waals surface area contributed by atoms with Gasteiger partial charge in [-0.05, 0) is 32.0 Å². The number of carbonyl (C=O) groups is 2. The third-order valence-electron chi connectivity index (χ3n) is 3.99. The smallest absolute Gasteiger partial charge is 0.260 e. The van der Waals surface area contributed by atoms with Crippen LogP contribution in [0.25, 0.3) is 10.9 Å². The van der Waals surface area contributed by atoms with E-state index in [1.54, 1.807) is 28.9 Å². The monoisotopic (exact) mass is 368 g/mol. The molecule has 0 aliphatic heterocycles. The highest BCUT2D eigenvalue weighted by molar-refractivity contribution is 5.82. The maximum atomic E-state index is 12.0. The number of carbonyl (C=O) groups excluding carboxylic acids is 2. The highest BCUT2D eigenvalue weighted by Crippen LogP contribution is 2.06. The van der Waals surface area contributed by atoms with Crippen molar-refractivity contribution in [3.63, 3.8) is 0 Å². The van der Waals surface area contributed by atoms with Crippen molar-refractivity contribution in [2.45, 2.75) is 33.2 Å². The molecule has 3 aromatic rings. The fraction of sp³-hybridized carbons (Fsp3) is 0.278. The zero-order valence-corrected chi connectivity index (χ0v) is 15.1. The molecule has 3 N–H and O–H groups in total. The summed E-state index contributed by atoms with van der Waals surface area (Å²) in [7, 11) is 0. The number of hydrogen-bond acceptors (Lipinski definition) is 5. The number of fused-ring (bicyclic) bond motifs is 1. The van der Waals surface area contributed by atoms with E-state index >= 15 is 0 Å². The van der Waals surface area contributed by atoms with E-state index in [-0.39, 0.29) is 36.8 Å². The Hall–Kier alpha value is -3.49. The van der Waals surface area contributed by atoms with Gasteiger partial charge >= 0.3 is 0 Å². The Balaban J connectivity index is 1.50. The molecule has 9 nitrogen and oxygen atoms in total. The van der Waals surface area contributed by atoms with Gasteiger partial charge in [-0.1, -0.05) is 12.1 Å². The summed E-state index contributed by atoms with van der Waals surface area (Å²) in [6.07, 6.45) is 0.320. The Morgan fingerprint density at radius 2 is 1.89 bits per heavy atom. The summed E-state index contributed by atoms with van der Waals surface area (Å²) in [6, 6.07) is 8.86. The minimum absolute atomic E-state index is 0.0134. The van der Waals surface area contributed by atoms with Gasteiger partial charge in [0.05, 0.1) is 16.6 Å². The Bertz CT molecular complexity index is 1050. The van der Waals surface area contributed by atoms with Crippen LogP contribution in [0, 0.1) is 13.8 Å². The number of nitrogens with zero attached hydrogens (tertiary/aromatic N) is 3. The average Bonchev–Trinajstić information content (AvgIpc) is 2.95. The second kappa shape index (κ2) is 7.81. The van der Waals surface area contributed by atoms with Gasteiger partial charge in [0.1, 0.15) is 12.4 Å². The molecule has 9 heteroatoms. The van der Waals surface area contributed by atoms with Gasteiger partial charge in [-0.15, -0.1) is 0 Å². The van der Waals surface area contributed by atoms with Gasteiger partial charge in [-0.3, -0.25) is 29.9 Å². The second-order valence-electron chi connectivity index (χ2n) is 6.21. The molecule has 0 aliphatic carbocycles. The Labute approximate surface area is 154 Å². The highest BCUT2D eigenvalue weighted by atomic mass is 16.2. The predicted molar refractivity (Wildman–Crippen MR) is 98.7 cm³/mol. The molecule has 2 heterocycles. The van der Waals surface area contributed by atoms with Crippen molar-refractivity contribution in [1.82, 2.24) is 30.6 Å². The van der Waals surface area contributed by atoms with E-state index in [0.717, 1.165) is 11.4 Å². The van der Waals surface area contributed by atoms with Crippen molar-refractivity contribution in [3.8, 4) is 0 Å². The molecule has 0 aliphatic rings. The molecular weight excluding hydrogens is 348 g/mol. The highest BCUT2D eigenvalue weighted by Gasteiger charge is 2.10. The molecule has 27 heavy (non-hydrogen) atoms. The van der Waals surface area contributed by atoms with Crippen molar-refractivity contribution < 1.29 is 9.59 Å². The predicted octanol–water partition coefficient (Wildman–Crippen LogP) is 0.517. The summed E-state index contributed by atoms with van der Waals surface area (Å²) in [4.78, 5) is 42.8. The molecule has 0 spiro atoms. The third-order valence-corrected chi connectivity index (χ3v) is 3.99. The van der Waals surface area contributed by atoms with Crippen molar-refractivity contribution >= 4 is 22.7 Å². The van der Waals surface area contributed by atoms with Gasteiger partial charge in [-0.25, -0.2) is 4.98 Å². The van der Waals surface area contributed by atoms with Crippen LogP contribution in [0.1, 0.15) is 23.6 Å². The fourth-order valence-corrected chi connectivity index (χ4v) is 2.70. The Kier molecular flexibility index (Phi) is 5.30. The lowest BCUT2D eigenvalue weighted by Crippen LogP contribution is -2.43. The van der Waals surface area contributed by atoms with Crippen LogP contribution in [0.4, 0.5) is 0 Å². The molecule has 1 aromatic carbocycles. The number of amides is 2. The molecule has 2 aromatic heterocycles. The first-order valence-corrected chi connectivity index (χ1v) is 8.49. The van der Waals surface area contributed by atoms with Gasteiger partial charge in [0, 0.05) is 18.5 Å². The number of H-pyrrole nitrogens is 1. The molecule has 140 valence electrons. The van der Waals surface area contributed by atoms with Crippen LogP contribution in [0.15, 0.2) is 35.1 Å². The lowest BCUT2D eigenvalue weighted by Gasteiger charge is -2.08. The van der Waals surface area contributed by atoms with Crippen LogP contribution in [0.3, 0.4) is 0 Å². The zero-order valence-electron chi connectivity index (χ0n) is 15.1. The number of hydrogen-bond donors (Lipinski definition) is 3. The number of para-hydroxylation sites is 1.